The molecule has 0 aromatic rings. The van der Waals surface area contributed by atoms with Gasteiger partial charge in [-0.15, -0.1) is 0 Å². The quantitative estimate of drug-likeness (QED) is 0.497. The minimum Gasteiger partial charge on any atom is -0.390 e. The highest BCUT2D eigenvalue weighted by atomic mass is 32.2. The zero-order valence-corrected chi connectivity index (χ0v) is 14.9. The van der Waals surface area contributed by atoms with E-state index in [1.165, 1.54) is 0 Å². The van der Waals surface area contributed by atoms with Gasteiger partial charge in [-0.2, -0.15) is 11.8 Å². The molecule has 0 rings (SSSR count). The Hall–Kier alpha value is 0.150. The average Bonchev–Trinajstić information content (AvgIpc) is 2.39. The Balaban J connectivity index is 3.54. The summed E-state index contributed by atoms with van der Waals surface area (Å²) in [4.78, 5) is 2.08. The van der Waals surface area contributed by atoms with Crippen LogP contribution in [0.2, 0.25) is 0 Å². The first-order chi connectivity index (χ1) is 9.81. The summed E-state index contributed by atoms with van der Waals surface area (Å²) in [5, 5.41) is 19.5. The zero-order valence-electron chi connectivity index (χ0n) is 14.1. The van der Waals surface area contributed by atoms with E-state index >= 15 is 0 Å². The molecule has 0 aromatic carbocycles. The number of ether oxygens (including phenoxy) is 2. The molecule has 0 aliphatic heterocycles. The van der Waals surface area contributed by atoms with E-state index in [0.29, 0.717) is 25.5 Å². The summed E-state index contributed by atoms with van der Waals surface area (Å²) in [6.07, 6.45) is -0.555. The van der Waals surface area contributed by atoms with Crippen molar-refractivity contribution < 1.29 is 19.7 Å². The van der Waals surface area contributed by atoms with Crippen molar-refractivity contribution in [3.05, 3.63) is 0 Å². The van der Waals surface area contributed by atoms with Gasteiger partial charge in [-0.05, 0) is 34.7 Å². The van der Waals surface area contributed by atoms with Crippen molar-refractivity contribution in [1.82, 2.24) is 4.90 Å². The summed E-state index contributed by atoms with van der Waals surface area (Å²) in [7, 11) is 1.98. The van der Waals surface area contributed by atoms with Gasteiger partial charge in [0.2, 0.25) is 0 Å². The molecule has 0 heterocycles. The minimum atomic E-state index is -0.451. The molecular formula is C15H33NO4S. The maximum absolute atomic E-state index is 9.81. The van der Waals surface area contributed by atoms with E-state index in [1.54, 1.807) is 11.8 Å². The fourth-order valence-electron chi connectivity index (χ4n) is 1.60. The molecular weight excluding hydrogens is 290 g/mol. The molecule has 0 amide bonds. The molecule has 2 atom stereocenters. The Labute approximate surface area is 134 Å². The largest absolute Gasteiger partial charge is 0.390 e. The predicted molar refractivity (Wildman–Crippen MR) is 89.0 cm³/mol. The van der Waals surface area contributed by atoms with Gasteiger partial charge in [0.1, 0.15) is 0 Å². The lowest BCUT2D eigenvalue weighted by molar-refractivity contribution is -0.00493. The van der Waals surface area contributed by atoms with Crippen molar-refractivity contribution in [3.8, 4) is 0 Å². The normalized spacial score (nSPS) is 15.1. The number of nitrogens with zero attached hydrogens (tertiary/aromatic N) is 1. The summed E-state index contributed by atoms with van der Waals surface area (Å²) < 4.78 is 10.7. The second-order valence-corrected chi connectivity index (χ2v) is 7.06. The smallest absolute Gasteiger partial charge is 0.0900 e. The number of hydrogen-bond acceptors (Lipinski definition) is 6. The van der Waals surface area contributed by atoms with E-state index in [0.717, 1.165) is 12.3 Å². The summed E-state index contributed by atoms with van der Waals surface area (Å²) in [5.41, 5.74) is 0. The SMILES string of the molecule is CC(C)OC[C@@H](O)CSCCN(C)C[C@H](O)COC(C)C. The van der Waals surface area contributed by atoms with E-state index in [1.807, 2.05) is 34.7 Å². The number of aliphatic hydroxyl groups is 2. The van der Waals surface area contributed by atoms with Crippen LogP contribution in [0, 0.1) is 0 Å². The first-order valence-electron chi connectivity index (χ1n) is 7.66. The first kappa shape index (κ1) is 21.1. The molecule has 0 bridgehead atoms. The topological polar surface area (TPSA) is 62.2 Å². The van der Waals surface area contributed by atoms with Crippen molar-refractivity contribution in [2.75, 3.05) is 44.9 Å². The van der Waals surface area contributed by atoms with Crippen molar-refractivity contribution in [2.45, 2.75) is 52.1 Å². The van der Waals surface area contributed by atoms with Gasteiger partial charge in [0, 0.05) is 24.6 Å². The highest BCUT2D eigenvalue weighted by Crippen LogP contribution is 2.05. The Morgan fingerprint density at radius 3 is 2.00 bits per heavy atom. The van der Waals surface area contributed by atoms with Gasteiger partial charge in [-0.3, -0.25) is 0 Å². The van der Waals surface area contributed by atoms with E-state index < -0.39 is 12.2 Å². The fraction of sp³-hybridized carbons (Fsp3) is 1.00. The lowest BCUT2D eigenvalue weighted by Gasteiger charge is -2.21. The molecule has 0 aliphatic carbocycles. The van der Waals surface area contributed by atoms with Gasteiger partial charge in [-0.1, -0.05) is 0 Å². The molecule has 0 saturated heterocycles. The zero-order chi connectivity index (χ0) is 16.3. The van der Waals surface area contributed by atoms with Crippen LogP contribution in [0.1, 0.15) is 27.7 Å². The summed E-state index contributed by atoms with van der Waals surface area (Å²) in [6, 6.07) is 0. The van der Waals surface area contributed by atoms with Crippen LogP contribution in [0.3, 0.4) is 0 Å². The molecule has 0 unspecified atom stereocenters. The fourth-order valence-corrected chi connectivity index (χ4v) is 2.57. The second-order valence-electron chi connectivity index (χ2n) is 5.91. The second kappa shape index (κ2) is 12.7. The summed E-state index contributed by atoms with van der Waals surface area (Å²) in [5.74, 6) is 1.60. The molecule has 128 valence electrons. The van der Waals surface area contributed by atoms with Crippen LogP contribution in [-0.2, 0) is 9.47 Å². The lowest BCUT2D eigenvalue weighted by Crippen LogP contribution is -2.34. The number of hydrogen-bond donors (Lipinski definition) is 2. The lowest BCUT2D eigenvalue weighted by atomic mass is 10.3. The Morgan fingerprint density at radius 1 is 0.952 bits per heavy atom. The Bertz CT molecular complexity index is 242. The maximum atomic E-state index is 9.81. The monoisotopic (exact) mass is 323 g/mol. The maximum Gasteiger partial charge on any atom is 0.0900 e. The van der Waals surface area contributed by atoms with Crippen LogP contribution in [0.4, 0.5) is 0 Å². The van der Waals surface area contributed by atoms with E-state index in [-0.39, 0.29) is 12.2 Å². The highest BCUT2D eigenvalue weighted by molar-refractivity contribution is 7.99. The molecule has 21 heavy (non-hydrogen) atoms. The van der Waals surface area contributed by atoms with Crippen molar-refractivity contribution in [3.63, 3.8) is 0 Å². The first-order valence-corrected chi connectivity index (χ1v) is 8.82. The third kappa shape index (κ3) is 14.8. The predicted octanol–water partition coefficient (Wildman–Crippen LogP) is 1.22. The van der Waals surface area contributed by atoms with Crippen LogP contribution in [-0.4, -0.2) is 84.4 Å². The number of aliphatic hydroxyl groups excluding tert-OH is 2. The summed E-state index contributed by atoms with van der Waals surface area (Å²) in [6.45, 7) is 10.1. The van der Waals surface area contributed by atoms with Gasteiger partial charge in [0.05, 0.1) is 37.6 Å². The van der Waals surface area contributed by atoms with Crippen LogP contribution >= 0.6 is 11.8 Å². The number of rotatable bonds is 13. The van der Waals surface area contributed by atoms with Gasteiger partial charge in [-0.25, -0.2) is 0 Å². The van der Waals surface area contributed by atoms with Gasteiger partial charge < -0.3 is 24.6 Å². The minimum absolute atomic E-state index is 0.148. The van der Waals surface area contributed by atoms with Crippen molar-refractivity contribution in [2.24, 2.45) is 0 Å². The highest BCUT2D eigenvalue weighted by Gasteiger charge is 2.10. The van der Waals surface area contributed by atoms with Gasteiger partial charge in [0.15, 0.2) is 0 Å². The molecule has 6 heteroatoms. The Morgan fingerprint density at radius 2 is 1.48 bits per heavy atom. The standard InChI is InChI=1S/C15H33NO4S/c1-12(2)19-9-14(17)8-16(5)6-7-21-11-15(18)10-20-13(3)4/h12-15,17-18H,6-11H2,1-5H3/t14-,15+/m0/s1. The summed E-state index contributed by atoms with van der Waals surface area (Å²) >= 11 is 1.70. The number of likely N-dealkylation sites (N-methyl/N-ethyl adjacent to an activating group) is 1. The van der Waals surface area contributed by atoms with Crippen LogP contribution in [0.25, 0.3) is 0 Å². The van der Waals surface area contributed by atoms with Crippen LogP contribution in [0.5, 0.6) is 0 Å². The van der Waals surface area contributed by atoms with E-state index in [4.69, 9.17) is 9.47 Å². The molecule has 0 radical (unpaired) electrons. The molecule has 0 fully saturated rings. The molecule has 5 nitrogen and oxygen atoms in total. The van der Waals surface area contributed by atoms with Gasteiger partial charge >= 0.3 is 0 Å². The molecule has 0 spiro atoms. The van der Waals surface area contributed by atoms with E-state index in [2.05, 4.69) is 4.90 Å². The molecule has 0 aliphatic rings. The van der Waals surface area contributed by atoms with Crippen LogP contribution < -0.4 is 0 Å². The van der Waals surface area contributed by atoms with E-state index in [9.17, 15) is 10.2 Å². The third-order valence-electron chi connectivity index (χ3n) is 2.69. The molecule has 2 N–H and O–H groups in total. The van der Waals surface area contributed by atoms with Gasteiger partial charge in [0.25, 0.3) is 0 Å². The van der Waals surface area contributed by atoms with Crippen molar-refractivity contribution >= 4 is 11.8 Å². The van der Waals surface area contributed by atoms with Crippen molar-refractivity contribution in [1.29, 1.82) is 0 Å². The molecule has 0 saturated carbocycles. The third-order valence-corrected chi connectivity index (χ3v) is 3.79. The molecule has 0 aromatic heterocycles. The van der Waals surface area contributed by atoms with Crippen LogP contribution in [0.15, 0.2) is 0 Å². The average molecular weight is 323 g/mol. The number of thioether (sulfide) groups is 1. The Kier molecular flexibility index (Phi) is 12.8.